The molecule has 0 aromatic rings. The van der Waals surface area contributed by atoms with Gasteiger partial charge in [-0.2, -0.15) is 0 Å². The highest BCUT2D eigenvalue weighted by molar-refractivity contribution is 5.83. The van der Waals surface area contributed by atoms with Crippen LogP contribution in [0.4, 0.5) is 4.79 Å². The molecule has 0 aliphatic carbocycles. The van der Waals surface area contributed by atoms with Crippen LogP contribution in [0, 0.1) is 11.8 Å². The summed E-state index contributed by atoms with van der Waals surface area (Å²) in [7, 11) is 1.34. The van der Waals surface area contributed by atoms with Crippen molar-refractivity contribution in [3.63, 3.8) is 0 Å². The van der Waals surface area contributed by atoms with Crippen LogP contribution in [-0.2, 0) is 19.1 Å². The van der Waals surface area contributed by atoms with Crippen molar-refractivity contribution < 1.29 is 23.9 Å². The van der Waals surface area contributed by atoms with Crippen molar-refractivity contribution in [2.75, 3.05) is 7.11 Å². The highest BCUT2D eigenvalue weighted by Gasteiger charge is 2.54. The first kappa shape index (κ1) is 16.8. The third kappa shape index (κ3) is 3.10. The summed E-state index contributed by atoms with van der Waals surface area (Å²) >= 11 is 0. The highest BCUT2D eigenvalue weighted by atomic mass is 16.6. The number of rotatable bonds is 2. The van der Waals surface area contributed by atoms with Crippen molar-refractivity contribution in [2.45, 2.75) is 64.6 Å². The van der Waals surface area contributed by atoms with Crippen LogP contribution in [0.15, 0.2) is 0 Å². The molecule has 0 saturated carbocycles. The van der Waals surface area contributed by atoms with Crippen LogP contribution in [-0.4, -0.2) is 47.5 Å². The average Bonchev–Trinajstić information content (AvgIpc) is 2.72. The number of carbonyl (C=O) groups is 3. The molecule has 0 unspecified atom stereocenters. The third-order valence-electron chi connectivity index (χ3n) is 4.54. The predicted molar refractivity (Wildman–Crippen MR) is 79.2 cm³/mol. The molecule has 1 amide bonds. The van der Waals surface area contributed by atoms with Gasteiger partial charge < -0.3 is 14.4 Å². The van der Waals surface area contributed by atoms with E-state index in [0.29, 0.717) is 12.8 Å². The van der Waals surface area contributed by atoms with Crippen LogP contribution < -0.4 is 0 Å². The van der Waals surface area contributed by atoms with Crippen molar-refractivity contribution >= 4 is 17.8 Å². The fourth-order valence-electron chi connectivity index (χ4n) is 3.67. The SMILES string of the molecule is COC(=O)[C@H]1C[C@H](C(C)=O)[C@@H]2CC[C@H]1N2C(=O)OC(C)(C)C. The van der Waals surface area contributed by atoms with E-state index in [1.54, 1.807) is 25.7 Å². The highest BCUT2D eigenvalue weighted by Crippen LogP contribution is 2.44. The summed E-state index contributed by atoms with van der Waals surface area (Å²) in [5.41, 5.74) is -0.611. The summed E-state index contributed by atoms with van der Waals surface area (Å²) in [6.45, 7) is 6.93. The van der Waals surface area contributed by atoms with Gasteiger partial charge in [0.2, 0.25) is 0 Å². The number of ketones is 1. The minimum atomic E-state index is -0.611. The molecule has 2 rings (SSSR count). The molecule has 2 saturated heterocycles. The van der Waals surface area contributed by atoms with Crippen LogP contribution >= 0.6 is 0 Å². The van der Waals surface area contributed by atoms with E-state index < -0.39 is 17.6 Å². The molecule has 124 valence electrons. The number of fused-ring (bicyclic) bond motifs is 2. The van der Waals surface area contributed by atoms with Gasteiger partial charge in [0, 0.05) is 18.0 Å². The predicted octanol–water partition coefficient (Wildman–Crippen LogP) is 2.15. The first-order valence-electron chi connectivity index (χ1n) is 7.75. The fraction of sp³-hybridized carbons (Fsp3) is 0.812. The zero-order valence-corrected chi connectivity index (χ0v) is 13.9. The molecule has 6 nitrogen and oxygen atoms in total. The van der Waals surface area contributed by atoms with Crippen molar-refractivity contribution in [2.24, 2.45) is 11.8 Å². The maximum Gasteiger partial charge on any atom is 0.410 e. The number of carbonyl (C=O) groups excluding carboxylic acids is 3. The smallest absolute Gasteiger partial charge is 0.410 e. The monoisotopic (exact) mass is 311 g/mol. The summed E-state index contributed by atoms with van der Waals surface area (Å²) in [6, 6.07) is -0.402. The van der Waals surface area contributed by atoms with E-state index in [9.17, 15) is 14.4 Å². The first-order chi connectivity index (χ1) is 10.2. The van der Waals surface area contributed by atoms with E-state index in [-0.39, 0.29) is 29.8 Å². The molecule has 2 aliphatic heterocycles. The van der Waals surface area contributed by atoms with Crippen LogP contribution in [0.25, 0.3) is 0 Å². The van der Waals surface area contributed by atoms with Crippen LogP contribution in [0.1, 0.15) is 47.0 Å². The Morgan fingerprint density at radius 3 is 2.05 bits per heavy atom. The van der Waals surface area contributed by atoms with Crippen molar-refractivity contribution in [1.82, 2.24) is 4.90 Å². The zero-order chi connectivity index (χ0) is 16.7. The van der Waals surface area contributed by atoms with Gasteiger partial charge in [0.05, 0.1) is 13.0 Å². The number of piperidine rings is 1. The van der Waals surface area contributed by atoms with Crippen LogP contribution in [0.5, 0.6) is 0 Å². The summed E-state index contributed by atoms with van der Waals surface area (Å²) in [5.74, 6) is -1.13. The second-order valence-electron chi connectivity index (χ2n) is 7.18. The molecule has 2 fully saturated rings. The second kappa shape index (κ2) is 5.89. The Kier molecular flexibility index (Phi) is 4.49. The van der Waals surface area contributed by atoms with Gasteiger partial charge >= 0.3 is 12.1 Å². The molecule has 4 atom stereocenters. The molecule has 6 heteroatoms. The largest absolute Gasteiger partial charge is 0.469 e. The van der Waals surface area contributed by atoms with Gasteiger partial charge in [-0.05, 0) is 47.0 Å². The van der Waals surface area contributed by atoms with E-state index >= 15 is 0 Å². The molecule has 0 radical (unpaired) electrons. The molecule has 2 heterocycles. The number of methoxy groups -OCH3 is 1. The Labute approximate surface area is 131 Å². The number of hydrogen-bond donors (Lipinski definition) is 0. The van der Waals surface area contributed by atoms with Gasteiger partial charge in [-0.1, -0.05) is 0 Å². The van der Waals surface area contributed by atoms with Gasteiger partial charge in [-0.15, -0.1) is 0 Å². The average molecular weight is 311 g/mol. The van der Waals surface area contributed by atoms with E-state index in [0.717, 1.165) is 6.42 Å². The molecule has 22 heavy (non-hydrogen) atoms. The fourth-order valence-corrected chi connectivity index (χ4v) is 3.67. The molecule has 0 N–H and O–H groups in total. The minimum absolute atomic E-state index is 0.00723. The summed E-state index contributed by atoms with van der Waals surface area (Å²) in [4.78, 5) is 38.2. The van der Waals surface area contributed by atoms with Crippen molar-refractivity contribution in [3.05, 3.63) is 0 Å². The zero-order valence-electron chi connectivity index (χ0n) is 13.9. The van der Waals surface area contributed by atoms with Gasteiger partial charge in [-0.3, -0.25) is 9.59 Å². The lowest BCUT2D eigenvalue weighted by Gasteiger charge is -2.42. The van der Waals surface area contributed by atoms with Gasteiger partial charge in [0.25, 0.3) is 0 Å². The number of amides is 1. The molecule has 2 aliphatic rings. The van der Waals surface area contributed by atoms with E-state index in [2.05, 4.69) is 0 Å². The Bertz CT molecular complexity index is 481. The first-order valence-corrected chi connectivity index (χ1v) is 7.75. The van der Waals surface area contributed by atoms with Crippen LogP contribution in [0.3, 0.4) is 0 Å². The van der Waals surface area contributed by atoms with E-state index in [1.165, 1.54) is 14.0 Å². The number of esters is 1. The maximum absolute atomic E-state index is 12.5. The summed E-state index contributed by atoms with van der Waals surface area (Å²) in [6.07, 6.45) is 1.44. The lowest BCUT2D eigenvalue weighted by Crippen LogP contribution is -2.56. The van der Waals surface area contributed by atoms with E-state index in [1.807, 2.05) is 0 Å². The summed E-state index contributed by atoms with van der Waals surface area (Å²) in [5, 5.41) is 0. The quantitative estimate of drug-likeness (QED) is 0.731. The van der Waals surface area contributed by atoms with E-state index in [4.69, 9.17) is 9.47 Å². The Morgan fingerprint density at radius 1 is 1.05 bits per heavy atom. The second-order valence-corrected chi connectivity index (χ2v) is 7.18. The third-order valence-corrected chi connectivity index (χ3v) is 4.54. The number of ether oxygens (including phenoxy) is 2. The Morgan fingerprint density at radius 2 is 1.59 bits per heavy atom. The van der Waals surface area contributed by atoms with Gasteiger partial charge in [0.15, 0.2) is 0 Å². The minimum Gasteiger partial charge on any atom is -0.469 e. The number of nitrogens with zero attached hydrogens (tertiary/aromatic N) is 1. The molecule has 0 aromatic carbocycles. The Balaban J connectivity index is 2.30. The molecular formula is C16H25NO5. The molecular weight excluding hydrogens is 286 g/mol. The lowest BCUT2D eigenvalue weighted by molar-refractivity contribution is -0.151. The molecule has 2 bridgehead atoms. The maximum atomic E-state index is 12.5. The van der Waals surface area contributed by atoms with Crippen LogP contribution in [0.2, 0.25) is 0 Å². The number of Topliss-reactive ketones (excluding diaryl/α,β-unsaturated/α-hetero) is 1. The molecule has 0 aromatic heterocycles. The summed E-state index contributed by atoms with van der Waals surface area (Å²) < 4.78 is 10.3. The Hall–Kier alpha value is -1.59. The lowest BCUT2D eigenvalue weighted by atomic mass is 9.81. The standard InChI is InChI=1S/C16H25NO5/c1-9(18)10-8-11(14(19)21-5)13-7-6-12(10)17(13)15(20)22-16(2,3)4/h10-13H,6-8H2,1-5H3/t10-,11+,12+,13-/m1/s1. The normalized spacial score (nSPS) is 30.9. The number of hydrogen-bond acceptors (Lipinski definition) is 5. The van der Waals surface area contributed by atoms with Gasteiger partial charge in [-0.25, -0.2) is 4.79 Å². The van der Waals surface area contributed by atoms with Crippen molar-refractivity contribution in [3.8, 4) is 0 Å². The van der Waals surface area contributed by atoms with Gasteiger partial charge in [0.1, 0.15) is 11.4 Å². The molecule has 0 spiro atoms. The topological polar surface area (TPSA) is 72.9 Å². The van der Waals surface area contributed by atoms with Crippen molar-refractivity contribution in [1.29, 1.82) is 0 Å².